The molecule has 1 aliphatic heterocycles. The molecular formula is C17H16FNOS2. The van der Waals surface area contributed by atoms with E-state index in [-0.39, 0.29) is 11.7 Å². The Kier molecular flexibility index (Phi) is 5.05. The molecule has 0 aromatic heterocycles. The zero-order valence-electron chi connectivity index (χ0n) is 11.9. The third-order valence-electron chi connectivity index (χ3n) is 3.41. The first-order valence-electron chi connectivity index (χ1n) is 7.08. The predicted octanol–water partition coefficient (Wildman–Crippen LogP) is 4.23. The SMILES string of the molecule is O=C(NCc1cccc(F)c1)c1ccc(C2SCCS2)cc1. The van der Waals surface area contributed by atoms with Crippen LogP contribution in [0.4, 0.5) is 4.39 Å². The molecule has 0 atom stereocenters. The molecular weight excluding hydrogens is 317 g/mol. The summed E-state index contributed by atoms with van der Waals surface area (Å²) >= 11 is 3.89. The summed E-state index contributed by atoms with van der Waals surface area (Å²) in [5, 5.41) is 2.82. The third kappa shape index (κ3) is 3.84. The number of hydrogen-bond donors (Lipinski definition) is 1. The van der Waals surface area contributed by atoms with E-state index in [2.05, 4.69) is 5.32 Å². The molecule has 1 saturated heterocycles. The van der Waals surface area contributed by atoms with Crippen LogP contribution in [0, 0.1) is 5.82 Å². The van der Waals surface area contributed by atoms with Crippen LogP contribution >= 0.6 is 23.5 Å². The number of carbonyl (C=O) groups is 1. The molecule has 3 rings (SSSR count). The fraction of sp³-hybridized carbons (Fsp3) is 0.235. The molecule has 114 valence electrons. The van der Waals surface area contributed by atoms with Gasteiger partial charge in [0.1, 0.15) is 5.82 Å². The standard InChI is InChI=1S/C17H16FNOS2/c18-15-3-1-2-12(10-15)11-19-16(20)13-4-6-14(7-5-13)17-21-8-9-22-17/h1-7,10,17H,8-9,11H2,(H,19,20). The van der Waals surface area contributed by atoms with Crippen molar-refractivity contribution in [2.45, 2.75) is 11.1 Å². The van der Waals surface area contributed by atoms with Crippen molar-refractivity contribution in [1.82, 2.24) is 5.32 Å². The summed E-state index contributed by atoms with van der Waals surface area (Å²) < 4.78 is 13.6. The minimum absolute atomic E-state index is 0.137. The molecule has 2 nitrogen and oxygen atoms in total. The maximum atomic E-state index is 13.1. The molecule has 1 aliphatic rings. The Morgan fingerprint density at radius 2 is 1.86 bits per heavy atom. The van der Waals surface area contributed by atoms with Gasteiger partial charge in [0, 0.05) is 23.6 Å². The largest absolute Gasteiger partial charge is 0.348 e. The zero-order chi connectivity index (χ0) is 15.4. The first kappa shape index (κ1) is 15.4. The van der Waals surface area contributed by atoms with Gasteiger partial charge in [0.15, 0.2) is 0 Å². The minimum atomic E-state index is -0.289. The van der Waals surface area contributed by atoms with Crippen LogP contribution in [0.15, 0.2) is 48.5 Å². The van der Waals surface area contributed by atoms with E-state index in [0.717, 1.165) is 5.56 Å². The average Bonchev–Trinajstić information content (AvgIpc) is 3.07. The monoisotopic (exact) mass is 333 g/mol. The Balaban J connectivity index is 1.60. The molecule has 2 aromatic carbocycles. The van der Waals surface area contributed by atoms with Crippen LogP contribution < -0.4 is 5.32 Å². The van der Waals surface area contributed by atoms with E-state index in [9.17, 15) is 9.18 Å². The number of thioether (sulfide) groups is 2. The number of hydrogen-bond acceptors (Lipinski definition) is 3. The smallest absolute Gasteiger partial charge is 0.251 e. The lowest BCUT2D eigenvalue weighted by molar-refractivity contribution is 0.0951. The summed E-state index contributed by atoms with van der Waals surface area (Å²) in [6, 6.07) is 14.0. The fourth-order valence-corrected chi connectivity index (χ4v) is 5.13. The molecule has 0 radical (unpaired) electrons. The van der Waals surface area contributed by atoms with Crippen LogP contribution in [0.1, 0.15) is 26.1 Å². The molecule has 0 unspecified atom stereocenters. The second kappa shape index (κ2) is 7.20. The van der Waals surface area contributed by atoms with Crippen molar-refractivity contribution in [3.05, 3.63) is 71.0 Å². The maximum absolute atomic E-state index is 13.1. The quantitative estimate of drug-likeness (QED) is 0.907. The predicted molar refractivity (Wildman–Crippen MR) is 91.7 cm³/mol. The van der Waals surface area contributed by atoms with Gasteiger partial charge in [-0.1, -0.05) is 24.3 Å². The topological polar surface area (TPSA) is 29.1 Å². The summed E-state index contributed by atoms with van der Waals surface area (Å²) in [6.07, 6.45) is 0. The number of amides is 1. The van der Waals surface area contributed by atoms with Crippen LogP contribution in [0.25, 0.3) is 0 Å². The summed E-state index contributed by atoms with van der Waals surface area (Å²) in [5.74, 6) is 1.95. The van der Waals surface area contributed by atoms with Gasteiger partial charge in [-0.25, -0.2) is 4.39 Å². The fourth-order valence-electron chi connectivity index (χ4n) is 2.27. The van der Waals surface area contributed by atoms with E-state index >= 15 is 0 Å². The van der Waals surface area contributed by atoms with E-state index in [4.69, 9.17) is 0 Å². The molecule has 0 bridgehead atoms. The van der Waals surface area contributed by atoms with E-state index in [0.29, 0.717) is 16.7 Å². The molecule has 0 spiro atoms. The summed E-state index contributed by atoms with van der Waals surface area (Å²) in [5.41, 5.74) is 2.64. The third-order valence-corrected chi connectivity index (χ3v) is 6.51. The lowest BCUT2D eigenvalue weighted by atomic mass is 10.1. The Bertz CT molecular complexity index is 654. The summed E-state index contributed by atoms with van der Waals surface area (Å²) in [4.78, 5) is 12.1. The first-order chi connectivity index (χ1) is 10.7. The molecule has 0 aliphatic carbocycles. The molecule has 2 aromatic rings. The van der Waals surface area contributed by atoms with Crippen molar-refractivity contribution in [3.63, 3.8) is 0 Å². The van der Waals surface area contributed by atoms with Gasteiger partial charge in [0.2, 0.25) is 0 Å². The Morgan fingerprint density at radius 3 is 2.55 bits per heavy atom. The van der Waals surface area contributed by atoms with E-state index in [1.54, 1.807) is 12.1 Å². The summed E-state index contributed by atoms with van der Waals surface area (Å²) in [6.45, 7) is 0.326. The van der Waals surface area contributed by atoms with Crippen LogP contribution in [-0.4, -0.2) is 17.4 Å². The molecule has 0 saturated carbocycles. The van der Waals surface area contributed by atoms with Crippen molar-refractivity contribution in [2.24, 2.45) is 0 Å². The van der Waals surface area contributed by atoms with Gasteiger partial charge >= 0.3 is 0 Å². The molecule has 1 N–H and O–H groups in total. The number of carbonyl (C=O) groups excluding carboxylic acids is 1. The summed E-state index contributed by atoms with van der Waals surface area (Å²) in [7, 11) is 0. The van der Waals surface area contributed by atoms with Gasteiger partial charge in [-0.05, 0) is 35.4 Å². The van der Waals surface area contributed by atoms with Crippen molar-refractivity contribution < 1.29 is 9.18 Å². The first-order valence-corrected chi connectivity index (χ1v) is 9.18. The van der Waals surface area contributed by atoms with Crippen molar-refractivity contribution >= 4 is 29.4 Å². The van der Waals surface area contributed by atoms with Gasteiger partial charge in [-0.3, -0.25) is 4.79 Å². The van der Waals surface area contributed by atoms with Gasteiger partial charge in [-0.15, -0.1) is 23.5 Å². The highest BCUT2D eigenvalue weighted by atomic mass is 32.2. The number of rotatable bonds is 4. The highest BCUT2D eigenvalue weighted by Gasteiger charge is 2.18. The van der Waals surface area contributed by atoms with Crippen LogP contribution in [0.5, 0.6) is 0 Å². The van der Waals surface area contributed by atoms with E-state index in [1.807, 2.05) is 47.8 Å². The molecule has 1 fully saturated rings. The molecule has 1 amide bonds. The van der Waals surface area contributed by atoms with Crippen LogP contribution in [0.2, 0.25) is 0 Å². The normalized spacial score (nSPS) is 15.0. The second-order valence-corrected chi connectivity index (χ2v) is 7.73. The highest BCUT2D eigenvalue weighted by molar-refractivity contribution is 8.19. The Labute approximate surface area is 137 Å². The van der Waals surface area contributed by atoms with Gasteiger partial charge < -0.3 is 5.32 Å². The van der Waals surface area contributed by atoms with E-state index < -0.39 is 0 Å². The Hall–Kier alpha value is -1.46. The highest BCUT2D eigenvalue weighted by Crippen LogP contribution is 2.45. The lowest BCUT2D eigenvalue weighted by Crippen LogP contribution is -2.22. The number of nitrogens with one attached hydrogen (secondary N) is 1. The van der Waals surface area contributed by atoms with Crippen molar-refractivity contribution in [3.8, 4) is 0 Å². The van der Waals surface area contributed by atoms with Crippen molar-refractivity contribution in [2.75, 3.05) is 11.5 Å². The van der Waals surface area contributed by atoms with E-state index in [1.165, 1.54) is 29.2 Å². The second-order valence-electron chi connectivity index (χ2n) is 5.01. The van der Waals surface area contributed by atoms with Crippen molar-refractivity contribution in [1.29, 1.82) is 0 Å². The van der Waals surface area contributed by atoms with Gasteiger partial charge in [0.25, 0.3) is 5.91 Å². The van der Waals surface area contributed by atoms with Gasteiger partial charge in [-0.2, -0.15) is 0 Å². The van der Waals surface area contributed by atoms with Gasteiger partial charge in [0.05, 0.1) is 4.58 Å². The number of benzene rings is 2. The average molecular weight is 333 g/mol. The molecule has 22 heavy (non-hydrogen) atoms. The maximum Gasteiger partial charge on any atom is 0.251 e. The van der Waals surface area contributed by atoms with Crippen LogP contribution in [0.3, 0.4) is 0 Å². The molecule has 5 heteroatoms. The number of halogens is 1. The van der Waals surface area contributed by atoms with Crippen LogP contribution in [-0.2, 0) is 6.54 Å². The lowest BCUT2D eigenvalue weighted by Gasteiger charge is -2.10. The minimum Gasteiger partial charge on any atom is -0.348 e. The molecule has 1 heterocycles. The Morgan fingerprint density at radius 1 is 1.14 bits per heavy atom. The zero-order valence-corrected chi connectivity index (χ0v) is 13.6.